The van der Waals surface area contributed by atoms with Crippen molar-refractivity contribution >= 4 is 12.1 Å². The Bertz CT molecular complexity index is 560. The van der Waals surface area contributed by atoms with Crippen molar-refractivity contribution in [2.45, 2.75) is 71.4 Å². The lowest BCUT2D eigenvalue weighted by Gasteiger charge is -2.28. The number of carboxylic acid groups (broad SMARTS) is 1. The van der Waals surface area contributed by atoms with Gasteiger partial charge in [-0.1, -0.05) is 24.3 Å². The lowest BCUT2D eigenvalue weighted by atomic mass is 10.0. The van der Waals surface area contributed by atoms with E-state index in [1.54, 1.807) is 11.9 Å². The van der Waals surface area contributed by atoms with Crippen molar-refractivity contribution in [2.24, 2.45) is 0 Å². The van der Waals surface area contributed by atoms with Crippen molar-refractivity contribution in [1.82, 2.24) is 4.90 Å². The van der Waals surface area contributed by atoms with Crippen LogP contribution in [-0.2, 0) is 22.4 Å². The van der Waals surface area contributed by atoms with Gasteiger partial charge in [-0.25, -0.2) is 4.79 Å². The lowest BCUT2D eigenvalue weighted by Crippen LogP contribution is -2.40. The van der Waals surface area contributed by atoms with Crippen LogP contribution in [0.3, 0.4) is 0 Å². The molecule has 0 unspecified atom stereocenters. The Morgan fingerprint density at radius 3 is 2.20 bits per heavy atom. The van der Waals surface area contributed by atoms with Crippen LogP contribution >= 0.6 is 0 Å². The Morgan fingerprint density at radius 1 is 1.12 bits per heavy atom. The minimum atomic E-state index is -0.738. The van der Waals surface area contributed by atoms with Crippen molar-refractivity contribution in [1.29, 1.82) is 0 Å². The van der Waals surface area contributed by atoms with E-state index in [9.17, 15) is 9.59 Å². The molecule has 0 saturated carbocycles. The molecule has 0 spiro atoms. The van der Waals surface area contributed by atoms with Gasteiger partial charge in [0.1, 0.15) is 5.60 Å². The zero-order valence-corrected chi connectivity index (χ0v) is 16.0. The summed E-state index contributed by atoms with van der Waals surface area (Å²) in [6, 6.07) is 8.35. The van der Waals surface area contributed by atoms with Crippen molar-refractivity contribution in [2.75, 3.05) is 7.05 Å². The van der Waals surface area contributed by atoms with Gasteiger partial charge >= 0.3 is 12.1 Å². The molecule has 140 valence electrons. The number of nitrogens with zero attached hydrogens (tertiary/aromatic N) is 1. The van der Waals surface area contributed by atoms with Crippen molar-refractivity contribution < 1.29 is 19.4 Å². The molecule has 0 aromatic heterocycles. The Kier molecular flexibility index (Phi) is 7.94. The number of aliphatic carboxylic acids is 1. The number of ether oxygens (including phenoxy) is 1. The third kappa shape index (κ3) is 8.57. The van der Waals surface area contributed by atoms with Crippen LogP contribution in [0.1, 0.15) is 58.1 Å². The van der Waals surface area contributed by atoms with Crippen LogP contribution < -0.4 is 0 Å². The second-order valence-electron chi connectivity index (χ2n) is 7.56. The molecule has 0 bridgehead atoms. The molecule has 5 nitrogen and oxygen atoms in total. The van der Waals surface area contributed by atoms with E-state index in [-0.39, 0.29) is 18.6 Å². The number of carbonyl (C=O) groups is 2. The highest BCUT2D eigenvalue weighted by Gasteiger charge is 2.22. The Morgan fingerprint density at radius 2 is 1.68 bits per heavy atom. The van der Waals surface area contributed by atoms with Gasteiger partial charge in [-0.05, 0) is 64.5 Å². The highest BCUT2D eigenvalue weighted by molar-refractivity contribution is 5.68. The number of benzene rings is 1. The normalized spacial score (nSPS) is 12.5. The molecule has 5 heteroatoms. The third-order valence-electron chi connectivity index (χ3n) is 4.00. The molecule has 0 radical (unpaired) electrons. The second-order valence-corrected chi connectivity index (χ2v) is 7.56. The molecule has 0 aliphatic heterocycles. The minimum absolute atomic E-state index is 0.0382. The molecule has 0 aliphatic rings. The molecule has 1 rings (SSSR count). The molecule has 0 heterocycles. The van der Waals surface area contributed by atoms with E-state index in [0.717, 1.165) is 24.8 Å². The van der Waals surface area contributed by atoms with Crippen LogP contribution in [0, 0.1) is 0 Å². The van der Waals surface area contributed by atoms with Gasteiger partial charge in [-0.3, -0.25) is 4.79 Å². The molecule has 1 amide bonds. The van der Waals surface area contributed by atoms with E-state index in [1.807, 2.05) is 27.7 Å². The van der Waals surface area contributed by atoms with Gasteiger partial charge < -0.3 is 14.7 Å². The van der Waals surface area contributed by atoms with E-state index in [1.165, 1.54) is 5.56 Å². The number of amides is 1. The van der Waals surface area contributed by atoms with Gasteiger partial charge in [0.05, 0.1) is 0 Å². The molecular formula is C20H31NO4. The quantitative estimate of drug-likeness (QED) is 0.711. The molecule has 25 heavy (non-hydrogen) atoms. The van der Waals surface area contributed by atoms with Crippen molar-refractivity contribution in [3.05, 3.63) is 35.4 Å². The fourth-order valence-corrected chi connectivity index (χ4v) is 2.44. The maximum atomic E-state index is 12.1. The van der Waals surface area contributed by atoms with E-state index >= 15 is 0 Å². The summed E-state index contributed by atoms with van der Waals surface area (Å²) in [5.74, 6) is -0.738. The number of hydrogen-bond donors (Lipinski definition) is 1. The highest BCUT2D eigenvalue weighted by Crippen LogP contribution is 2.15. The highest BCUT2D eigenvalue weighted by atomic mass is 16.6. The summed E-state index contributed by atoms with van der Waals surface area (Å²) in [5.41, 5.74) is 1.88. The van der Waals surface area contributed by atoms with Crippen LogP contribution in [0.15, 0.2) is 24.3 Å². The summed E-state index contributed by atoms with van der Waals surface area (Å²) < 4.78 is 5.39. The minimum Gasteiger partial charge on any atom is -0.481 e. The van der Waals surface area contributed by atoms with Gasteiger partial charge in [-0.2, -0.15) is 0 Å². The topological polar surface area (TPSA) is 66.8 Å². The molecular weight excluding hydrogens is 318 g/mol. The average Bonchev–Trinajstić information content (AvgIpc) is 2.50. The first-order valence-electron chi connectivity index (χ1n) is 8.84. The smallest absolute Gasteiger partial charge is 0.410 e. The fourth-order valence-electron chi connectivity index (χ4n) is 2.44. The van der Waals surface area contributed by atoms with Crippen LogP contribution in [0.4, 0.5) is 4.79 Å². The molecule has 1 aromatic carbocycles. The largest absolute Gasteiger partial charge is 0.481 e. The number of hydrogen-bond acceptors (Lipinski definition) is 3. The van der Waals surface area contributed by atoms with E-state index in [4.69, 9.17) is 9.84 Å². The molecule has 1 atom stereocenters. The Hall–Kier alpha value is -2.04. The molecule has 1 aromatic rings. The van der Waals surface area contributed by atoms with Crippen LogP contribution in [0.2, 0.25) is 0 Å². The summed E-state index contributed by atoms with van der Waals surface area (Å²) in [6.07, 6.45) is 3.15. The maximum Gasteiger partial charge on any atom is 0.410 e. The predicted octanol–water partition coefficient (Wildman–Crippen LogP) is 4.28. The first kappa shape index (κ1) is 21.0. The Labute approximate surface area is 151 Å². The second kappa shape index (κ2) is 9.44. The maximum absolute atomic E-state index is 12.1. The van der Waals surface area contributed by atoms with Gasteiger partial charge in [0.25, 0.3) is 0 Å². The number of rotatable bonds is 8. The van der Waals surface area contributed by atoms with E-state index in [0.29, 0.717) is 6.42 Å². The lowest BCUT2D eigenvalue weighted by molar-refractivity contribution is -0.137. The van der Waals surface area contributed by atoms with Gasteiger partial charge in [0, 0.05) is 19.5 Å². The average molecular weight is 349 g/mol. The summed E-state index contributed by atoms with van der Waals surface area (Å²) in [6.45, 7) is 7.58. The first-order chi connectivity index (χ1) is 11.6. The van der Waals surface area contributed by atoms with Crippen LogP contribution in [-0.4, -0.2) is 40.8 Å². The number of carboxylic acids is 1. The fraction of sp³-hybridized carbons (Fsp3) is 0.600. The standard InChI is InChI=1S/C20H31NO4/c1-15(21(5)19(24)25-20(2,3)4)14-17-12-10-16(11-13-17)8-6-7-9-18(22)23/h10-13,15H,6-9,14H2,1-5H3,(H,22,23)/t15-/m1/s1. The van der Waals surface area contributed by atoms with Gasteiger partial charge in [0.2, 0.25) is 0 Å². The third-order valence-corrected chi connectivity index (χ3v) is 4.00. The number of aryl methyl sites for hydroxylation is 1. The number of carbonyl (C=O) groups excluding carboxylic acids is 1. The monoisotopic (exact) mass is 349 g/mol. The summed E-state index contributed by atoms with van der Waals surface area (Å²) in [4.78, 5) is 24.2. The summed E-state index contributed by atoms with van der Waals surface area (Å²) in [5, 5.41) is 8.64. The molecule has 0 saturated heterocycles. The first-order valence-corrected chi connectivity index (χ1v) is 8.84. The van der Waals surface area contributed by atoms with Gasteiger partial charge in [0.15, 0.2) is 0 Å². The van der Waals surface area contributed by atoms with Crippen molar-refractivity contribution in [3.63, 3.8) is 0 Å². The SMILES string of the molecule is C[C@H](Cc1ccc(CCCCC(=O)O)cc1)N(C)C(=O)OC(C)(C)C. The molecule has 0 aliphatic carbocycles. The van der Waals surface area contributed by atoms with Crippen LogP contribution in [0.5, 0.6) is 0 Å². The predicted molar refractivity (Wildman–Crippen MR) is 98.8 cm³/mol. The summed E-state index contributed by atoms with van der Waals surface area (Å²) in [7, 11) is 1.76. The zero-order valence-electron chi connectivity index (χ0n) is 16.0. The van der Waals surface area contributed by atoms with Crippen LogP contribution in [0.25, 0.3) is 0 Å². The Balaban J connectivity index is 2.48. The van der Waals surface area contributed by atoms with Gasteiger partial charge in [-0.15, -0.1) is 0 Å². The molecule has 0 fully saturated rings. The van der Waals surface area contributed by atoms with Crippen molar-refractivity contribution in [3.8, 4) is 0 Å². The number of unbranched alkanes of at least 4 members (excludes halogenated alkanes) is 1. The summed E-state index contributed by atoms with van der Waals surface area (Å²) >= 11 is 0. The number of likely N-dealkylation sites (N-methyl/N-ethyl adjacent to an activating group) is 1. The molecule has 1 N–H and O–H groups in total. The van der Waals surface area contributed by atoms with E-state index < -0.39 is 11.6 Å². The zero-order chi connectivity index (χ0) is 19.0. The van der Waals surface area contributed by atoms with E-state index in [2.05, 4.69) is 24.3 Å².